The summed E-state index contributed by atoms with van der Waals surface area (Å²) in [7, 11) is 1.94. The molecular formula is C14H19N3O. The largest absolute Gasteiger partial charge is 0.493 e. The molecule has 0 aliphatic rings. The van der Waals surface area contributed by atoms with E-state index in [4.69, 9.17) is 10.5 Å². The fourth-order valence-corrected chi connectivity index (χ4v) is 1.79. The summed E-state index contributed by atoms with van der Waals surface area (Å²) in [5.41, 5.74) is 8.08. The van der Waals surface area contributed by atoms with Gasteiger partial charge in [-0.25, -0.2) is 0 Å². The second-order valence-electron chi connectivity index (χ2n) is 4.40. The van der Waals surface area contributed by atoms with E-state index >= 15 is 0 Å². The first-order valence-corrected chi connectivity index (χ1v) is 6.12. The molecule has 0 spiro atoms. The molecule has 1 aromatic heterocycles. The first kappa shape index (κ1) is 12.6. The quantitative estimate of drug-likeness (QED) is 0.877. The van der Waals surface area contributed by atoms with Crippen molar-refractivity contribution in [2.75, 3.05) is 6.61 Å². The number of nitrogens with two attached hydrogens (primary N) is 1. The van der Waals surface area contributed by atoms with Gasteiger partial charge in [0, 0.05) is 31.4 Å². The van der Waals surface area contributed by atoms with Crippen LogP contribution in [0.15, 0.2) is 36.5 Å². The standard InChI is InChI=1S/C14H19N3O/c1-11(15)12-3-5-14(6-4-12)18-10-8-13-7-9-16-17(13)2/h3-7,9,11H,8,10,15H2,1-2H3/t11-/m1/s1. The molecule has 0 bridgehead atoms. The Labute approximate surface area is 107 Å². The Bertz CT molecular complexity index is 488. The predicted molar refractivity (Wildman–Crippen MR) is 71.5 cm³/mol. The van der Waals surface area contributed by atoms with Crippen molar-refractivity contribution in [1.82, 2.24) is 9.78 Å². The Morgan fingerprint density at radius 2 is 2.00 bits per heavy atom. The maximum absolute atomic E-state index is 5.79. The van der Waals surface area contributed by atoms with Crippen LogP contribution in [0.4, 0.5) is 0 Å². The van der Waals surface area contributed by atoms with Gasteiger partial charge in [-0.1, -0.05) is 12.1 Å². The number of ether oxygens (including phenoxy) is 1. The van der Waals surface area contributed by atoms with Crippen molar-refractivity contribution in [3.05, 3.63) is 47.8 Å². The van der Waals surface area contributed by atoms with E-state index in [0.717, 1.165) is 17.7 Å². The number of aromatic nitrogens is 2. The number of nitrogens with zero attached hydrogens (tertiary/aromatic N) is 2. The predicted octanol–water partition coefficient (Wildman–Crippen LogP) is 2.06. The van der Waals surface area contributed by atoms with Crippen LogP contribution in [0.25, 0.3) is 0 Å². The van der Waals surface area contributed by atoms with Crippen LogP contribution in [0.3, 0.4) is 0 Å². The summed E-state index contributed by atoms with van der Waals surface area (Å²) in [6, 6.07) is 9.99. The molecule has 96 valence electrons. The summed E-state index contributed by atoms with van der Waals surface area (Å²) in [5.74, 6) is 0.876. The minimum absolute atomic E-state index is 0.0634. The highest BCUT2D eigenvalue weighted by Gasteiger charge is 2.01. The smallest absolute Gasteiger partial charge is 0.119 e. The number of benzene rings is 1. The van der Waals surface area contributed by atoms with Gasteiger partial charge in [0.2, 0.25) is 0 Å². The Balaban J connectivity index is 1.85. The molecular weight excluding hydrogens is 226 g/mol. The molecule has 0 aliphatic carbocycles. The van der Waals surface area contributed by atoms with Gasteiger partial charge in [-0.3, -0.25) is 4.68 Å². The van der Waals surface area contributed by atoms with Crippen molar-refractivity contribution < 1.29 is 4.74 Å². The number of hydrogen-bond acceptors (Lipinski definition) is 3. The highest BCUT2D eigenvalue weighted by atomic mass is 16.5. The van der Waals surface area contributed by atoms with Crippen LogP contribution < -0.4 is 10.5 Å². The van der Waals surface area contributed by atoms with Crippen LogP contribution >= 0.6 is 0 Å². The molecule has 1 atom stereocenters. The van der Waals surface area contributed by atoms with Crippen molar-refractivity contribution in [2.24, 2.45) is 12.8 Å². The van der Waals surface area contributed by atoms with E-state index in [1.54, 1.807) is 6.20 Å². The molecule has 0 unspecified atom stereocenters. The molecule has 2 rings (SSSR count). The van der Waals surface area contributed by atoms with Gasteiger partial charge in [0.25, 0.3) is 0 Å². The summed E-state index contributed by atoms with van der Waals surface area (Å²) >= 11 is 0. The van der Waals surface area contributed by atoms with Gasteiger partial charge in [-0.05, 0) is 30.7 Å². The number of hydrogen-bond donors (Lipinski definition) is 1. The molecule has 4 nitrogen and oxygen atoms in total. The molecule has 18 heavy (non-hydrogen) atoms. The molecule has 4 heteroatoms. The number of rotatable bonds is 5. The van der Waals surface area contributed by atoms with Gasteiger partial charge >= 0.3 is 0 Å². The molecule has 2 aromatic rings. The monoisotopic (exact) mass is 245 g/mol. The lowest BCUT2D eigenvalue weighted by Gasteiger charge is -2.09. The Hall–Kier alpha value is -1.81. The van der Waals surface area contributed by atoms with E-state index in [9.17, 15) is 0 Å². The lowest BCUT2D eigenvalue weighted by atomic mass is 10.1. The van der Waals surface area contributed by atoms with Gasteiger partial charge in [-0.2, -0.15) is 5.10 Å². The maximum atomic E-state index is 5.79. The Morgan fingerprint density at radius 1 is 1.28 bits per heavy atom. The third kappa shape index (κ3) is 3.11. The second kappa shape index (κ2) is 5.69. The van der Waals surface area contributed by atoms with E-state index in [-0.39, 0.29) is 6.04 Å². The summed E-state index contributed by atoms with van der Waals surface area (Å²) in [6.45, 7) is 2.62. The molecule has 2 N–H and O–H groups in total. The van der Waals surface area contributed by atoms with E-state index < -0.39 is 0 Å². The van der Waals surface area contributed by atoms with Crippen LogP contribution in [-0.4, -0.2) is 16.4 Å². The van der Waals surface area contributed by atoms with Crippen LogP contribution in [0.5, 0.6) is 5.75 Å². The zero-order valence-electron chi connectivity index (χ0n) is 10.8. The third-order valence-corrected chi connectivity index (χ3v) is 2.96. The minimum atomic E-state index is 0.0634. The van der Waals surface area contributed by atoms with Crippen LogP contribution in [0, 0.1) is 0 Å². The van der Waals surface area contributed by atoms with E-state index in [1.807, 2.05) is 49.0 Å². The average Bonchev–Trinajstić information content (AvgIpc) is 2.76. The highest BCUT2D eigenvalue weighted by molar-refractivity contribution is 5.28. The molecule has 0 aliphatic heterocycles. The van der Waals surface area contributed by atoms with E-state index in [1.165, 1.54) is 5.69 Å². The van der Waals surface area contributed by atoms with Crippen molar-refractivity contribution in [2.45, 2.75) is 19.4 Å². The maximum Gasteiger partial charge on any atom is 0.119 e. The van der Waals surface area contributed by atoms with Gasteiger partial charge < -0.3 is 10.5 Å². The zero-order chi connectivity index (χ0) is 13.0. The first-order chi connectivity index (χ1) is 8.66. The molecule has 0 radical (unpaired) electrons. The summed E-state index contributed by atoms with van der Waals surface area (Å²) < 4.78 is 7.55. The number of aryl methyl sites for hydroxylation is 1. The third-order valence-electron chi connectivity index (χ3n) is 2.96. The lowest BCUT2D eigenvalue weighted by Crippen LogP contribution is -2.07. The average molecular weight is 245 g/mol. The van der Waals surface area contributed by atoms with Crippen molar-refractivity contribution in [1.29, 1.82) is 0 Å². The molecule has 0 saturated carbocycles. The zero-order valence-corrected chi connectivity index (χ0v) is 10.8. The first-order valence-electron chi connectivity index (χ1n) is 6.12. The van der Waals surface area contributed by atoms with Crippen molar-refractivity contribution in [3.8, 4) is 5.75 Å². The van der Waals surface area contributed by atoms with Gasteiger partial charge in [0.1, 0.15) is 5.75 Å². The molecule has 0 fully saturated rings. The topological polar surface area (TPSA) is 53.1 Å². The fourth-order valence-electron chi connectivity index (χ4n) is 1.79. The van der Waals surface area contributed by atoms with Gasteiger partial charge in [-0.15, -0.1) is 0 Å². The SMILES string of the molecule is C[C@@H](N)c1ccc(OCCc2ccnn2C)cc1. The molecule has 0 saturated heterocycles. The normalized spacial score (nSPS) is 12.4. The van der Waals surface area contributed by atoms with E-state index in [2.05, 4.69) is 5.10 Å². The Morgan fingerprint density at radius 3 is 2.56 bits per heavy atom. The molecule has 1 heterocycles. The summed E-state index contributed by atoms with van der Waals surface area (Å²) in [4.78, 5) is 0. The van der Waals surface area contributed by atoms with Crippen LogP contribution in [0.1, 0.15) is 24.2 Å². The lowest BCUT2D eigenvalue weighted by molar-refractivity contribution is 0.318. The van der Waals surface area contributed by atoms with Crippen molar-refractivity contribution in [3.63, 3.8) is 0 Å². The van der Waals surface area contributed by atoms with Crippen LogP contribution in [-0.2, 0) is 13.5 Å². The van der Waals surface area contributed by atoms with E-state index in [0.29, 0.717) is 6.61 Å². The van der Waals surface area contributed by atoms with Gasteiger partial charge in [0.15, 0.2) is 0 Å². The molecule has 1 aromatic carbocycles. The minimum Gasteiger partial charge on any atom is -0.493 e. The summed E-state index contributed by atoms with van der Waals surface area (Å²) in [5, 5.41) is 4.12. The van der Waals surface area contributed by atoms with Crippen LogP contribution in [0.2, 0.25) is 0 Å². The molecule has 0 amide bonds. The summed E-state index contributed by atoms with van der Waals surface area (Å²) in [6.07, 6.45) is 2.65. The van der Waals surface area contributed by atoms with Crippen molar-refractivity contribution >= 4 is 0 Å². The van der Waals surface area contributed by atoms with Gasteiger partial charge in [0.05, 0.1) is 6.61 Å². The fraction of sp³-hybridized carbons (Fsp3) is 0.357. The second-order valence-corrected chi connectivity index (χ2v) is 4.40. The Kier molecular flexibility index (Phi) is 3.99. The highest BCUT2D eigenvalue weighted by Crippen LogP contribution is 2.16.